The first-order valence-corrected chi connectivity index (χ1v) is 34.4. The third-order valence-corrected chi connectivity index (χ3v) is 19.9. The fourth-order valence-corrected chi connectivity index (χ4v) is 14.9. The minimum atomic E-state index is -0.136. The molecule has 0 saturated carbocycles. The average Bonchev–Trinajstić information content (AvgIpc) is 1.60. The summed E-state index contributed by atoms with van der Waals surface area (Å²) in [6.07, 6.45) is 35.4. The Morgan fingerprint density at radius 3 is 1.01 bits per heavy atom. The monoisotopic (exact) mass is 1140 g/mol. The number of hydrogen-bond acceptors (Lipinski definition) is 3. The SMILES string of the molecule is CCCCCCCCC1(CCCCCCCC)c2cc(C)ccc2-c2ccc(-c3cc(-c4ccc5c(c4)C(CCCCCCCC)(CCCCCCCC)c4cc(-c6ccc(-c7ccc(C)cc7)cc6)ccc4-5)nc(-c4ccc(C#N)cc4)n3)cc21. The predicted molar refractivity (Wildman–Crippen MR) is 368 cm³/mol. The van der Waals surface area contributed by atoms with Gasteiger partial charge in [-0.05, 0) is 155 Å². The standard InChI is InChI=1S/C83H99N3/c1-7-11-15-19-23-27-51-82(52-28-24-20-16-12-8-2)75-55-62(6)33-47-71(75)73-49-45-69(57-77(73)82)79-59-80(86-81(85-79)67-38-34-63(60-84)35-39-67)70-46-50-74-72-48-44-68(66-42-40-65(41-43-66)64-36-31-61(5)32-37-64)56-76(72)83(78(74)58-70,53-29-25-21-17-13-9-3)54-30-26-22-18-14-10-4/h31-50,55-59H,7-30,51-54H2,1-6H3. The second-order valence-electron chi connectivity index (χ2n) is 26.2. The van der Waals surface area contributed by atoms with E-state index in [0.29, 0.717) is 11.4 Å². The van der Waals surface area contributed by atoms with Crippen LogP contribution in [0.3, 0.4) is 0 Å². The molecule has 0 spiro atoms. The summed E-state index contributed by atoms with van der Waals surface area (Å²) in [5, 5.41) is 9.93. The zero-order valence-electron chi connectivity index (χ0n) is 53.6. The zero-order chi connectivity index (χ0) is 59.7. The molecule has 0 radical (unpaired) electrons. The normalized spacial score (nSPS) is 13.3. The summed E-state index contributed by atoms with van der Waals surface area (Å²) in [5.74, 6) is 0.694. The maximum absolute atomic E-state index is 9.93. The highest BCUT2D eigenvalue weighted by Gasteiger charge is 2.44. The molecule has 0 unspecified atom stereocenters. The molecule has 0 N–H and O–H groups in total. The Balaban J connectivity index is 1.09. The number of aromatic nitrogens is 2. The van der Waals surface area contributed by atoms with E-state index >= 15 is 0 Å². The predicted octanol–water partition coefficient (Wildman–Crippen LogP) is 24.8. The number of hydrogen-bond donors (Lipinski definition) is 0. The van der Waals surface area contributed by atoms with Crippen molar-refractivity contribution in [2.75, 3.05) is 0 Å². The molecule has 0 atom stereocenters. The number of benzene rings is 7. The first kappa shape index (κ1) is 62.2. The van der Waals surface area contributed by atoms with Gasteiger partial charge in [-0.25, -0.2) is 9.97 Å². The smallest absolute Gasteiger partial charge is 0.160 e. The van der Waals surface area contributed by atoms with Gasteiger partial charge in [0.25, 0.3) is 0 Å². The Bertz CT molecular complexity index is 3490. The van der Waals surface area contributed by atoms with Crippen LogP contribution < -0.4 is 0 Å². The molecular formula is C83H99N3. The van der Waals surface area contributed by atoms with Crippen molar-refractivity contribution in [3.63, 3.8) is 0 Å². The largest absolute Gasteiger partial charge is 0.228 e. The minimum absolute atomic E-state index is 0.0525. The molecule has 0 amide bonds. The van der Waals surface area contributed by atoms with Gasteiger partial charge in [-0.15, -0.1) is 0 Å². The first-order chi connectivity index (χ1) is 42.2. The Kier molecular flexibility index (Phi) is 21.8. The number of fused-ring (bicyclic) bond motifs is 6. The summed E-state index contributed by atoms with van der Waals surface area (Å²) >= 11 is 0. The molecule has 8 aromatic rings. The topological polar surface area (TPSA) is 49.6 Å². The molecule has 10 rings (SSSR count). The van der Waals surface area contributed by atoms with Crippen LogP contribution in [0.25, 0.3) is 78.4 Å². The molecule has 2 aliphatic rings. The lowest BCUT2D eigenvalue weighted by Gasteiger charge is -2.33. The van der Waals surface area contributed by atoms with Crippen molar-refractivity contribution in [1.29, 1.82) is 5.26 Å². The van der Waals surface area contributed by atoms with Gasteiger partial charge in [0, 0.05) is 27.5 Å². The van der Waals surface area contributed by atoms with Crippen molar-refractivity contribution in [2.45, 2.75) is 232 Å². The molecule has 0 bridgehead atoms. The molecular weight excluding hydrogens is 1040 g/mol. The fraction of sp³-hybridized carbons (Fsp3) is 0.434. The summed E-state index contributed by atoms with van der Waals surface area (Å²) in [6, 6.07) is 60.2. The lowest BCUT2D eigenvalue weighted by Crippen LogP contribution is -2.26. The van der Waals surface area contributed by atoms with E-state index in [4.69, 9.17) is 9.97 Å². The third kappa shape index (κ3) is 14.2. The molecule has 86 heavy (non-hydrogen) atoms. The number of rotatable bonds is 33. The quantitative estimate of drug-likeness (QED) is 0.0385. The van der Waals surface area contributed by atoms with Crippen LogP contribution in [0.4, 0.5) is 0 Å². The van der Waals surface area contributed by atoms with E-state index in [2.05, 4.69) is 175 Å². The minimum Gasteiger partial charge on any atom is -0.228 e. The van der Waals surface area contributed by atoms with Crippen molar-refractivity contribution < 1.29 is 0 Å². The van der Waals surface area contributed by atoms with Crippen molar-refractivity contribution in [3.8, 4) is 84.5 Å². The lowest BCUT2D eigenvalue weighted by atomic mass is 9.70. The summed E-state index contributed by atoms with van der Waals surface area (Å²) in [4.78, 5) is 11.1. The molecule has 1 heterocycles. The average molecular weight is 1140 g/mol. The van der Waals surface area contributed by atoms with Gasteiger partial charge in [-0.3, -0.25) is 0 Å². The molecule has 446 valence electrons. The molecule has 7 aromatic carbocycles. The Hall–Kier alpha value is -6.89. The Labute approximate surface area is 519 Å². The van der Waals surface area contributed by atoms with Crippen LogP contribution in [0, 0.1) is 25.2 Å². The van der Waals surface area contributed by atoms with Crippen LogP contribution in [-0.4, -0.2) is 9.97 Å². The van der Waals surface area contributed by atoms with Crippen LogP contribution in [0.5, 0.6) is 0 Å². The molecule has 1 aromatic heterocycles. The second-order valence-corrected chi connectivity index (χ2v) is 26.2. The van der Waals surface area contributed by atoms with Crippen molar-refractivity contribution in [3.05, 3.63) is 191 Å². The Morgan fingerprint density at radius 2 is 0.605 bits per heavy atom. The molecule has 3 heteroatoms. The summed E-state index contributed by atoms with van der Waals surface area (Å²) < 4.78 is 0. The van der Waals surface area contributed by atoms with Crippen LogP contribution in [-0.2, 0) is 10.8 Å². The highest BCUT2D eigenvalue weighted by atomic mass is 14.9. The van der Waals surface area contributed by atoms with Gasteiger partial charge in [-0.2, -0.15) is 5.26 Å². The van der Waals surface area contributed by atoms with Crippen LogP contribution >= 0.6 is 0 Å². The van der Waals surface area contributed by atoms with Gasteiger partial charge in [-0.1, -0.05) is 296 Å². The molecule has 3 nitrogen and oxygen atoms in total. The van der Waals surface area contributed by atoms with Crippen LogP contribution in [0.1, 0.15) is 246 Å². The van der Waals surface area contributed by atoms with Gasteiger partial charge in [0.05, 0.1) is 23.0 Å². The zero-order valence-corrected chi connectivity index (χ0v) is 53.6. The third-order valence-electron chi connectivity index (χ3n) is 19.9. The van der Waals surface area contributed by atoms with Gasteiger partial charge >= 0.3 is 0 Å². The van der Waals surface area contributed by atoms with Crippen molar-refractivity contribution in [2.24, 2.45) is 0 Å². The second kappa shape index (κ2) is 30.2. The number of nitrogens with zero attached hydrogens (tertiary/aromatic N) is 3. The van der Waals surface area contributed by atoms with E-state index in [0.717, 1.165) is 40.9 Å². The maximum atomic E-state index is 9.93. The van der Waals surface area contributed by atoms with Gasteiger partial charge < -0.3 is 0 Å². The van der Waals surface area contributed by atoms with Gasteiger partial charge in [0.2, 0.25) is 0 Å². The molecule has 0 fully saturated rings. The summed E-state index contributed by atoms with van der Waals surface area (Å²) in [6.45, 7) is 13.7. The van der Waals surface area contributed by atoms with E-state index in [-0.39, 0.29) is 10.8 Å². The first-order valence-electron chi connectivity index (χ1n) is 34.4. The number of unbranched alkanes of at least 4 members (excludes halogenated alkanes) is 20. The lowest BCUT2D eigenvalue weighted by molar-refractivity contribution is 0.398. The molecule has 0 aliphatic heterocycles. The van der Waals surface area contributed by atoms with E-state index < -0.39 is 0 Å². The summed E-state index contributed by atoms with van der Waals surface area (Å²) in [7, 11) is 0. The number of aryl methyl sites for hydroxylation is 2. The summed E-state index contributed by atoms with van der Waals surface area (Å²) in [5.41, 5.74) is 24.9. The fourth-order valence-electron chi connectivity index (χ4n) is 14.9. The van der Waals surface area contributed by atoms with E-state index in [1.807, 2.05) is 24.3 Å². The van der Waals surface area contributed by atoms with Crippen LogP contribution in [0.2, 0.25) is 0 Å². The van der Waals surface area contributed by atoms with Crippen LogP contribution in [0.15, 0.2) is 152 Å². The molecule has 2 aliphatic carbocycles. The highest BCUT2D eigenvalue weighted by molar-refractivity contribution is 5.88. The van der Waals surface area contributed by atoms with Gasteiger partial charge in [0.15, 0.2) is 5.82 Å². The van der Waals surface area contributed by atoms with Gasteiger partial charge in [0.1, 0.15) is 0 Å². The maximum Gasteiger partial charge on any atom is 0.160 e. The highest BCUT2D eigenvalue weighted by Crippen LogP contribution is 2.57. The van der Waals surface area contributed by atoms with Crippen molar-refractivity contribution in [1.82, 2.24) is 9.97 Å². The molecule has 0 saturated heterocycles. The van der Waals surface area contributed by atoms with E-state index in [1.54, 1.807) is 5.56 Å². The number of nitriles is 1. The Morgan fingerprint density at radius 1 is 0.302 bits per heavy atom. The van der Waals surface area contributed by atoms with E-state index in [9.17, 15) is 5.26 Å². The van der Waals surface area contributed by atoms with E-state index in [1.165, 1.54) is 239 Å². The van der Waals surface area contributed by atoms with Crippen molar-refractivity contribution >= 4 is 0 Å².